The van der Waals surface area contributed by atoms with Gasteiger partial charge in [-0.1, -0.05) is 0 Å². The molecule has 0 aliphatic rings. The van der Waals surface area contributed by atoms with E-state index in [9.17, 15) is 9.59 Å². The number of carbonyl (C=O) groups is 2. The number of carbonyl (C=O) groups excluding carboxylic acids is 2. The second kappa shape index (κ2) is 9.55. The van der Waals surface area contributed by atoms with Crippen LogP contribution in [0.1, 0.15) is 36.8 Å². The third-order valence-electron chi connectivity index (χ3n) is 4.91. The van der Waals surface area contributed by atoms with Crippen LogP contribution >= 0.6 is 0 Å². The molecule has 0 saturated carbocycles. The fraction of sp³-hybridized carbons (Fsp3) is 0.333. The summed E-state index contributed by atoms with van der Waals surface area (Å²) >= 11 is 0. The minimum Gasteiger partial charge on any atom is -0.494 e. The molecule has 0 spiro atoms. The third kappa shape index (κ3) is 4.50. The molecular formula is C24H27NO6. The summed E-state index contributed by atoms with van der Waals surface area (Å²) < 4.78 is 23.3. The second-order valence-electron chi connectivity index (χ2n) is 6.91. The molecule has 0 bridgehead atoms. The minimum atomic E-state index is -0.775. The van der Waals surface area contributed by atoms with Crippen molar-refractivity contribution in [3.63, 3.8) is 0 Å². The zero-order chi connectivity index (χ0) is 22.5. The van der Waals surface area contributed by atoms with E-state index in [4.69, 9.17) is 18.9 Å². The molecule has 1 atom stereocenters. The molecule has 1 aromatic heterocycles. The van der Waals surface area contributed by atoms with E-state index in [1.165, 1.54) is 7.11 Å². The second-order valence-corrected chi connectivity index (χ2v) is 6.91. The maximum Gasteiger partial charge on any atom is 0.346 e. The lowest BCUT2D eigenvalue weighted by atomic mass is 10.1. The fourth-order valence-electron chi connectivity index (χ4n) is 3.54. The zero-order valence-corrected chi connectivity index (χ0v) is 18.4. The van der Waals surface area contributed by atoms with Crippen molar-refractivity contribution in [1.82, 2.24) is 4.57 Å². The number of nitrogens with zero attached hydrogens (tertiary/aromatic N) is 1. The van der Waals surface area contributed by atoms with Gasteiger partial charge in [-0.05, 0) is 70.2 Å². The summed E-state index contributed by atoms with van der Waals surface area (Å²) in [6, 6.07) is 13.0. The van der Waals surface area contributed by atoms with Gasteiger partial charge in [0, 0.05) is 16.8 Å². The molecule has 0 fully saturated rings. The molecule has 2 aromatic carbocycles. The van der Waals surface area contributed by atoms with Crippen LogP contribution in [0, 0.1) is 6.92 Å². The highest BCUT2D eigenvalue weighted by molar-refractivity contribution is 6.07. The van der Waals surface area contributed by atoms with E-state index in [1.54, 1.807) is 26.0 Å². The van der Waals surface area contributed by atoms with Gasteiger partial charge in [0.15, 0.2) is 6.10 Å². The molecule has 1 heterocycles. The predicted octanol–water partition coefficient (Wildman–Crippen LogP) is 4.45. The first-order valence-electron chi connectivity index (χ1n) is 10.2. The molecule has 0 aliphatic heterocycles. The molecule has 31 heavy (non-hydrogen) atoms. The summed E-state index contributed by atoms with van der Waals surface area (Å²) in [6.45, 7) is 8.04. The van der Waals surface area contributed by atoms with E-state index < -0.39 is 18.0 Å². The van der Waals surface area contributed by atoms with Crippen LogP contribution in [-0.4, -0.2) is 42.9 Å². The summed E-state index contributed by atoms with van der Waals surface area (Å²) in [5, 5.41) is 0.680. The fourth-order valence-corrected chi connectivity index (χ4v) is 3.54. The summed E-state index contributed by atoms with van der Waals surface area (Å²) in [6.07, 6.45) is -0.775. The molecule has 0 N–H and O–H groups in total. The number of aromatic nitrogens is 1. The molecule has 3 aromatic rings. The van der Waals surface area contributed by atoms with Gasteiger partial charge in [-0.2, -0.15) is 0 Å². The molecule has 7 nitrogen and oxygen atoms in total. The number of ether oxygens (including phenoxy) is 4. The quantitative estimate of drug-likeness (QED) is 0.496. The number of hydrogen-bond acceptors (Lipinski definition) is 6. The van der Waals surface area contributed by atoms with Crippen molar-refractivity contribution in [3.8, 4) is 17.2 Å². The lowest BCUT2D eigenvalue weighted by molar-refractivity contribution is -0.147. The number of rotatable bonds is 8. The normalized spacial score (nSPS) is 11.8. The lowest BCUT2D eigenvalue weighted by Crippen LogP contribution is -2.24. The first kappa shape index (κ1) is 22.2. The molecule has 0 amide bonds. The Labute approximate surface area is 181 Å². The van der Waals surface area contributed by atoms with Gasteiger partial charge in [0.2, 0.25) is 0 Å². The van der Waals surface area contributed by atoms with E-state index >= 15 is 0 Å². The van der Waals surface area contributed by atoms with Crippen LogP contribution in [0.4, 0.5) is 0 Å². The van der Waals surface area contributed by atoms with E-state index in [-0.39, 0.29) is 6.61 Å². The monoisotopic (exact) mass is 425 g/mol. The van der Waals surface area contributed by atoms with Gasteiger partial charge in [0.1, 0.15) is 11.5 Å². The van der Waals surface area contributed by atoms with Crippen LogP contribution in [-0.2, 0) is 14.3 Å². The van der Waals surface area contributed by atoms with E-state index in [0.29, 0.717) is 23.3 Å². The highest BCUT2D eigenvalue weighted by Gasteiger charge is 2.23. The number of hydrogen-bond donors (Lipinski definition) is 0. The Morgan fingerprint density at radius 2 is 1.68 bits per heavy atom. The van der Waals surface area contributed by atoms with Crippen molar-refractivity contribution in [1.29, 1.82) is 0 Å². The topological polar surface area (TPSA) is 76.0 Å². The summed E-state index contributed by atoms with van der Waals surface area (Å²) in [5.41, 5.74) is 2.92. The molecule has 1 unspecified atom stereocenters. The third-order valence-corrected chi connectivity index (χ3v) is 4.91. The van der Waals surface area contributed by atoms with Crippen LogP contribution in [0.25, 0.3) is 16.6 Å². The molecule has 0 saturated heterocycles. The highest BCUT2D eigenvalue weighted by atomic mass is 16.6. The number of esters is 2. The zero-order valence-electron chi connectivity index (χ0n) is 18.4. The van der Waals surface area contributed by atoms with Crippen molar-refractivity contribution in [2.45, 2.75) is 33.8 Å². The Bertz CT molecular complexity index is 1080. The lowest BCUT2D eigenvalue weighted by Gasteiger charge is -2.13. The van der Waals surface area contributed by atoms with Crippen LogP contribution in [0.3, 0.4) is 0 Å². The maximum absolute atomic E-state index is 12.8. The van der Waals surface area contributed by atoms with Gasteiger partial charge in [-0.25, -0.2) is 9.59 Å². The molecule has 164 valence electrons. The van der Waals surface area contributed by atoms with E-state index in [0.717, 1.165) is 22.6 Å². The van der Waals surface area contributed by atoms with Gasteiger partial charge in [0.05, 0.1) is 31.4 Å². The van der Waals surface area contributed by atoms with Crippen LogP contribution < -0.4 is 9.47 Å². The molecule has 0 radical (unpaired) electrons. The SMILES string of the molecule is CCOC(=O)c1c(C)n(-c2ccc(OCC)cc2)c2ccc(OC(C)C(=O)OC)cc12. The van der Waals surface area contributed by atoms with Gasteiger partial charge in [0.25, 0.3) is 0 Å². The van der Waals surface area contributed by atoms with Crippen molar-refractivity contribution in [2.24, 2.45) is 0 Å². The predicted molar refractivity (Wildman–Crippen MR) is 117 cm³/mol. The number of methoxy groups -OCH3 is 1. The summed E-state index contributed by atoms with van der Waals surface area (Å²) in [5.74, 6) is 0.347. The highest BCUT2D eigenvalue weighted by Crippen LogP contribution is 2.33. The van der Waals surface area contributed by atoms with E-state index in [1.807, 2.05) is 48.7 Å². The molecule has 3 rings (SSSR count). The van der Waals surface area contributed by atoms with Crippen molar-refractivity contribution < 1.29 is 28.5 Å². The van der Waals surface area contributed by atoms with Crippen LogP contribution in [0.2, 0.25) is 0 Å². The summed E-state index contributed by atoms with van der Waals surface area (Å²) in [4.78, 5) is 24.5. The Balaban J connectivity index is 2.13. The van der Waals surface area contributed by atoms with E-state index in [2.05, 4.69) is 0 Å². The first-order valence-corrected chi connectivity index (χ1v) is 10.2. The smallest absolute Gasteiger partial charge is 0.346 e. The van der Waals surface area contributed by atoms with Crippen molar-refractivity contribution >= 4 is 22.8 Å². The van der Waals surface area contributed by atoms with Crippen LogP contribution in [0.15, 0.2) is 42.5 Å². The van der Waals surface area contributed by atoms with Crippen LogP contribution in [0.5, 0.6) is 11.5 Å². The van der Waals surface area contributed by atoms with Gasteiger partial charge in [-0.3, -0.25) is 0 Å². The molecular weight excluding hydrogens is 398 g/mol. The minimum absolute atomic E-state index is 0.267. The number of fused-ring (bicyclic) bond motifs is 1. The van der Waals surface area contributed by atoms with Crippen molar-refractivity contribution in [2.75, 3.05) is 20.3 Å². The standard InChI is InChI=1S/C24H27NO6/c1-6-29-18-10-8-17(9-11-18)25-15(3)22(24(27)30-7-2)20-14-19(12-13-21(20)25)31-16(4)23(26)28-5/h8-14,16H,6-7H2,1-5H3. The first-order chi connectivity index (χ1) is 14.9. The van der Waals surface area contributed by atoms with Crippen molar-refractivity contribution in [3.05, 3.63) is 53.7 Å². The average Bonchev–Trinajstić information content (AvgIpc) is 3.05. The van der Waals surface area contributed by atoms with Gasteiger partial charge < -0.3 is 23.5 Å². The van der Waals surface area contributed by atoms with Gasteiger partial charge in [-0.15, -0.1) is 0 Å². The summed E-state index contributed by atoms with van der Waals surface area (Å²) in [7, 11) is 1.31. The Hall–Kier alpha value is -3.48. The van der Waals surface area contributed by atoms with Gasteiger partial charge >= 0.3 is 11.9 Å². The Morgan fingerprint density at radius 1 is 1.00 bits per heavy atom. The average molecular weight is 425 g/mol. The molecule has 0 aliphatic carbocycles. The molecule has 7 heteroatoms. The number of benzene rings is 2. The Morgan fingerprint density at radius 3 is 2.29 bits per heavy atom. The maximum atomic E-state index is 12.8. The largest absolute Gasteiger partial charge is 0.494 e. The Kier molecular flexibility index (Phi) is 6.84.